The van der Waals surface area contributed by atoms with Crippen molar-refractivity contribution in [2.24, 2.45) is 0 Å². The average molecular weight is 508 g/mol. The van der Waals surface area contributed by atoms with Crippen LogP contribution < -0.4 is 5.73 Å². The molecule has 1 unspecified atom stereocenters. The van der Waals surface area contributed by atoms with E-state index in [-0.39, 0.29) is 11.9 Å². The van der Waals surface area contributed by atoms with Gasteiger partial charge in [0.2, 0.25) is 5.91 Å². The molecule has 1 amide bonds. The van der Waals surface area contributed by atoms with Crippen LogP contribution in [0.25, 0.3) is 22.3 Å². The molecule has 4 heterocycles. The fourth-order valence-corrected chi connectivity index (χ4v) is 5.87. The van der Waals surface area contributed by atoms with E-state index in [1.165, 1.54) is 35.5 Å². The summed E-state index contributed by atoms with van der Waals surface area (Å²) < 4.78 is 1.94. The first-order valence-electron chi connectivity index (χ1n) is 13.4. The molecule has 2 aromatic carbocycles. The van der Waals surface area contributed by atoms with E-state index in [0.29, 0.717) is 18.0 Å². The lowest BCUT2D eigenvalue weighted by molar-refractivity contribution is -0.127. The Morgan fingerprint density at radius 3 is 2.68 bits per heavy atom. The number of aryl methyl sites for hydroxylation is 1. The van der Waals surface area contributed by atoms with E-state index < -0.39 is 0 Å². The molecule has 0 bridgehead atoms. The maximum absolute atomic E-state index is 12.3. The van der Waals surface area contributed by atoms with Gasteiger partial charge in [0.15, 0.2) is 5.65 Å². The molecule has 2 N–H and O–H groups in total. The van der Waals surface area contributed by atoms with Crippen molar-refractivity contribution in [2.75, 3.05) is 25.4 Å². The van der Waals surface area contributed by atoms with Crippen LogP contribution >= 0.6 is 0 Å². The standard InChI is InChI=1S/C30H33N7O/c1-2-26(38)36-16-6-10-25(19-36)37-30-27(29(31)32-20-33-30)28(34-37)23-13-11-21(12-14-23)17-35-15-5-9-22-7-3-4-8-24(22)18-35/h2-4,7-8,11-14,20,25H,1,5-6,9-10,15-19H2,(H2,31,32,33). The minimum absolute atomic E-state index is 0.0170. The quantitative estimate of drug-likeness (QED) is 0.403. The first-order valence-corrected chi connectivity index (χ1v) is 13.4. The van der Waals surface area contributed by atoms with Crippen molar-refractivity contribution < 1.29 is 4.79 Å². The van der Waals surface area contributed by atoms with Crippen molar-refractivity contribution >= 4 is 22.8 Å². The number of carbonyl (C=O) groups excluding carboxylic acids is 1. The maximum Gasteiger partial charge on any atom is 0.246 e. The Hall–Kier alpha value is -4.04. The highest BCUT2D eigenvalue weighted by molar-refractivity contribution is 5.98. The van der Waals surface area contributed by atoms with Crippen LogP contribution in [-0.2, 0) is 24.3 Å². The molecule has 8 nitrogen and oxygen atoms in total. The molecule has 0 saturated carbocycles. The van der Waals surface area contributed by atoms with Gasteiger partial charge in [-0.25, -0.2) is 14.6 Å². The summed E-state index contributed by atoms with van der Waals surface area (Å²) in [6.45, 7) is 7.92. The fourth-order valence-electron chi connectivity index (χ4n) is 5.87. The third kappa shape index (κ3) is 4.67. The molecule has 6 rings (SSSR count). The molecule has 4 aromatic rings. The van der Waals surface area contributed by atoms with Gasteiger partial charge in [0.1, 0.15) is 17.8 Å². The summed E-state index contributed by atoms with van der Waals surface area (Å²) in [5.74, 6) is 0.363. The summed E-state index contributed by atoms with van der Waals surface area (Å²) in [4.78, 5) is 25.4. The molecule has 1 fully saturated rings. The van der Waals surface area contributed by atoms with Gasteiger partial charge in [-0.05, 0) is 55.0 Å². The summed E-state index contributed by atoms with van der Waals surface area (Å²) in [5.41, 5.74) is 13.0. The number of nitrogens with zero attached hydrogens (tertiary/aromatic N) is 6. The van der Waals surface area contributed by atoms with E-state index in [9.17, 15) is 4.79 Å². The number of nitrogen functional groups attached to an aromatic ring is 1. The number of rotatable bonds is 5. The zero-order chi connectivity index (χ0) is 26.1. The summed E-state index contributed by atoms with van der Waals surface area (Å²) in [6, 6.07) is 17.4. The number of carbonyl (C=O) groups is 1. The van der Waals surface area contributed by atoms with Crippen LogP contribution in [-0.4, -0.2) is 55.1 Å². The van der Waals surface area contributed by atoms with Gasteiger partial charge >= 0.3 is 0 Å². The number of anilines is 1. The summed E-state index contributed by atoms with van der Waals surface area (Å²) in [7, 11) is 0. The van der Waals surface area contributed by atoms with Gasteiger partial charge < -0.3 is 10.6 Å². The van der Waals surface area contributed by atoms with E-state index in [2.05, 4.69) is 70.0 Å². The number of hydrogen-bond acceptors (Lipinski definition) is 6. The molecule has 194 valence electrons. The van der Waals surface area contributed by atoms with Crippen LogP contribution in [0.4, 0.5) is 5.82 Å². The zero-order valence-corrected chi connectivity index (χ0v) is 21.6. The number of fused-ring (bicyclic) bond motifs is 2. The molecular formula is C30H33N7O. The molecule has 38 heavy (non-hydrogen) atoms. The molecule has 2 aliphatic heterocycles. The zero-order valence-electron chi connectivity index (χ0n) is 21.6. The van der Waals surface area contributed by atoms with Gasteiger partial charge in [-0.1, -0.05) is 55.1 Å². The lowest BCUT2D eigenvalue weighted by Gasteiger charge is -2.32. The van der Waals surface area contributed by atoms with Gasteiger partial charge in [-0.15, -0.1) is 0 Å². The minimum atomic E-state index is -0.0518. The molecule has 2 aliphatic rings. The Bertz CT molecular complexity index is 1480. The maximum atomic E-state index is 12.3. The smallest absolute Gasteiger partial charge is 0.246 e. The van der Waals surface area contributed by atoms with Crippen LogP contribution in [0.2, 0.25) is 0 Å². The SMILES string of the molecule is C=CC(=O)N1CCCC(n2nc(-c3ccc(CN4CCCc5ccccc5C4)cc3)c3c(N)ncnc32)C1. The molecular weight excluding hydrogens is 474 g/mol. The third-order valence-electron chi connectivity index (χ3n) is 7.81. The Balaban J connectivity index is 1.27. The number of hydrogen-bond donors (Lipinski definition) is 1. The molecule has 0 radical (unpaired) electrons. The number of likely N-dealkylation sites (tertiary alicyclic amines) is 1. The first kappa shape index (κ1) is 24.3. The second kappa shape index (κ2) is 10.4. The summed E-state index contributed by atoms with van der Waals surface area (Å²) in [6.07, 6.45) is 6.99. The number of piperidine rings is 1. The second-order valence-corrected chi connectivity index (χ2v) is 10.3. The van der Waals surface area contributed by atoms with Crippen LogP contribution in [0.5, 0.6) is 0 Å². The average Bonchev–Trinajstić information content (AvgIpc) is 3.23. The number of aromatic nitrogens is 4. The number of nitrogens with two attached hydrogens (primary N) is 1. The van der Waals surface area contributed by atoms with E-state index in [1.807, 2.05) is 9.58 Å². The number of amides is 1. The normalized spacial score (nSPS) is 18.2. The highest BCUT2D eigenvalue weighted by Crippen LogP contribution is 2.34. The van der Waals surface area contributed by atoms with Crippen molar-refractivity contribution in [3.05, 3.63) is 84.2 Å². The van der Waals surface area contributed by atoms with Crippen LogP contribution in [0.1, 0.15) is 42.0 Å². The van der Waals surface area contributed by atoms with Crippen LogP contribution in [0.15, 0.2) is 67.5 Å². The highest BCUT2D eigenvalue weighted by Gasteiger charge is 2.28. The second-order valence-electron chi connectivity index (χ2n) is 10.3. The van der Waals surface area contributed by atoms with Gasteiger partial charge in [0.05, 0.1) is 11.4 Å². The Morgan fingerprint density at radius 1 is 1.05 bits per heavy atom. The molecule has 1 saturated heterocycles. The first-order chi connectivity index (χ1) is 18.6. The lowest BCUT2D eigenvalue weighted by atomic mass is 10.0. The van der Waals surface area contributed by atoms with Crippen molar-refractivity contribution in [3.63, 3.8) is 0 Å². The van der Waals surface area contributed by atoms with Crippen molar-refractivity contribution in [1.29, 1.82) is 0 Å². The molecule has 8 heteroatoms. The van der Waals surface area contributed by atoms with Gasteiger partial charge in [-0.3, -0.25) is 9.69 Å². The van der Waals surface area contributed by atoms with E-state index in [4.69, 9.17) is 10.8 Å². The highest BCUT2D eigenvalue weighted by atomic mass is 16.2. The van der Waals surface area contributed by atoms with Crippen molar-refractivity contribution in [2.45, 2.75) is 44.8 Å². The van der Waals surface area contributed by atoms with E-state index in [1.54, 1.807) is 0 Å². The Morgan fingerprint density at radius 2 is 1.87 bits per heavy atom. The lowest BCUT2D eigenvalue weighted by Crippen LogP contribution is -2.40. The van der Waals surface area contributed by atoms with Crippen LogP contribution in [0.3, 0.4) is 0 Å². The van der Waals surface area contributed by atoms with Crippen molar-refractivity contribution in [3.8, 4) is 11.3 Å². The molecule has 1 atom stereocenters. The predicted octanol–water partition coefficient (Wildman–Crippen LogP) is 4.37. The Labute approximate surface area is 222 Å². The number of benzene rings is 2. The molecule has 2 aromatic heterocycles. The molecule has 0 spiro atoms. The van der Waals surface area contributed by atoms with Crippen LogP contribution in [0, 0.1) is 0 Å². The van der Waals surface area contributed by atoms with E-state index in [0.717, 1.165) is 62.1 Å². The van der Waals surface area contributed by atoms with Crippen molar-refractivity contribution in [1.82, 2.24) is 29.5 Å². The topological polar surface area (TPSA) is 93.2 Å². The summed E-state index contributed by atoms with van der Waals surface area (Å²) in [5, 5.41) is 5.77. The van der Waals surface area contributed by atoms with Gasteiger partial charge in [0.25, 0.3) is 0 Å². The predicted molar refractivity (Wildman–Crippen MR) is 149 cm³/mol. The fraction of sp³-hybridized carbons (Fsp3) is 0.333. The largest absolute Gasteiger partial charge is 0.383 e. The molecule has 0 aliphatic carbocycles. The monoisotopic (exact) mass is 507 g/mol. The third-order valence-corrected chi connectivity index (χ3v) is 7.81. The Kier molecular flexibility index (Phi) is 6.64. The summed E-state index contributed by atoms with van der Waals surface area (Å²) >= 11 is 0. The van der Waals surface area contributed by atoms with Gasteiger partial charge in [0, 0.05) is 31.7 Å². The van der Waals surface area contributed by atoms with Gasteiger partial charge in [-0.2, -0.15) is 5.10 Å². The minimum Gasteiger partial charge on any atom is -0.383 e. The van der Waals surface area contributed by atoms with E-state index >= 15 is 0 Å².